The molecular weight excluding hydrogens is 1760 g/mol. The van der Waals surface area contributed by atoms with Gasteiger partial charge in [-0.15, -0.1) is 60.6 Å². The number of nitrogen functional groups attached to an aromatic ring is 1. The minimum absolute atomic E-state index is 0. The number of thiophene rings is 2. The maximum absolute atomic E-state index is 12.8. The molecular formula is C64H70BrCl3F7N25O8S6. The second kappa shape index (κ2) is 48.8. The molecule has 4 aliphatic heterocycles. The molecule has 11 aromatic heterocycles. The van der Waals surface area contributed by atoms with Crippen molar-refractivity contribution in [3.8, 4) is 21.4 Å². The molecule has 612 valence electrons. The highest BCUT2D eigenvalue weighted by atomic mass is 79.9. The summed E-state index contributed by atoms with van der Waals surface area (Å²) < 4.78 is 137. The third kappa shape index (κ3) is 33.1. The molecule has 0 bridgehead atoms. The molecule has 0 unspecified atom stereocenters. The van der Waals surface area contributed by atoms with E-state index in [9.17, 15) is 48.0 Å². The number of nitrogens with one attached hydrogen (secondary N) is 2. The van der Waals surface area contributed by atoms with Gasteiger partial charge in [0.05, 0.1) is 52.0 Å². The smallest absolute Gasteiger partial charge is 0.382 e. The van der Waals surface area contributed by atoms with Crippen molar-refractivity contribution in [3.63, 3.8) is 0 Å². The Morgan fingerprint density at radius 3 is 1.36 bits per heavy atom. The molecule has 0 spiro atoms. The van der Waals surface area contributed by atoms with Crippen molar-refractivity contribution in [1.29, 1.82) is 0 Å². The Labute approximate surface area is 688 Å². The molecule has 4 fully saturated rings. The molecule has 5 N–H and O–H groups in total. The second-order valence-electron chi connectivity index (χ2n) is 23.0. The Kier molecular flexibility index (Phi) is 39.7. The first-order chi connectivity index (χ1) is 54.5. The number of nitrogens with zero attached hydrogens (tertiary/aromatic N) is 22. The van der Waals surface area contributed by atoms with E-state index in [1.54, 1.807) is 84.8 Å². The van der Waals surface area contributed by atoms with E-state index < -0.39 is 67.3 Å². The van der Waals surface area contributed by atoms with Crippen LogP contribution >= 0.6 is 74.2 Å². The first kappa shape index (κ1) is 92.7. The fourth-order valence-electron chi connectivity index (χ4n) is 9.40. The van der Waals surface area contributed by atoms with Crippen LogP contribution in [0.3, 0.4) is 0 Å². The normalized spacial score (nSPS) is 15.0. The summed E-state index contributed by atoms with van der Waals surface area (Å²) in [6.45, 7) is 9.29. The van der Waals surface area contributed by atoms with E-state index in [2.05, 4.69) is 141 Å². The topological polar surface area (TPSA) is 427 Å². The zero-order valence-corrected chi connectivity index (χ0v) is 68.2. The lowest BCUT2D eigenvalue weighted by Gasteiger charge is -2.25. The molecule has 15 heterocycles. The molecule has 114 heavy (non-hydrogen) atoms. The van der Waals surface area contributed by atoms with Gasteiger partial charge in [0, 0.05) is 213 Å². The number of hydrogen-bond donors (Lipinski definition) is 4. The summed E-state index contributed by atoms with van der Waals surface area (Å²) >= 11 is 16.8. The molecule has 15 rings (SSSR count). The lowest BCUT2D eigenvalue weighted by atomic mass is 10.3. The molecule has 0 radical (unpaired) electrons. The fraction of sp³-hybridized carbons (Fsp3) is 0.359. The van der Waals surface area contributed by atoms with Gasteiger partial charge in [0.15, 0.2) is 34.0 Å². The number of alkyl halides is 7. The number of aromatic nitrogens is 18. The monoisotopic (exact) mass is 1830 g/mol. The number of nitrogens with two attached hydrogens (primary N) is 1. The van der Waals surface area contributed by atoms with E-state index in [0.29, 0.717) is 91.1 Å². The van der Waals surface area contributed by atoms with Crippen LogP contribution in [0.1, 0.15) is 49.1 Å². The first-order valence-corrected chi connectivity index (χ1v) is 42.6. The van der Waals surface area contributed by atoms with Crippen LogP contribution in [-0.2, 0) is 87.1 Å². The highest BCUT2D eigenvalue weighted by Gasteiger charge is 2.40. The zero-order valence-electron chi connectivity index (χ0n) is 59.4. The van der Waals surface area contributed by atoms with Crippen LogP contribution in [-0.4, -0.2) is 232 Å². The maximum Gasteiger partial charge on any atom is 0.471 e. The van der Waals surface area contributed by atoms with Crippen LogP contribution < -0.4 is 21.3 Å². The van der Waals surface area contributed by atoms with Gasteiger partial charge >= 0.3 is 24.1 Å². The molecule has 4 aliphatic rings. The predicted octanol–water partition coefficient (Wildman–Crippen LogP) is 8.90. The molecule has 0 atom stereocenters. The lowest BCUT2D eigenvalue weighted by Crippen LogP contribution is -2.37. The summed E-state index contributed by atoms with van der Waals surface area (Å²) in [5, 5.41) is 51.5. The molecule has 33 nitrogen and oxygen atoms in total. The van der Waals surface area contributed by atoms with E-state index >= 15 is 0 Å². The Bertz CT molecular complexity index is 4680. The van der Waals surface area contributed by atoms with E-state index in [-0.39, 0.29) is 24.1 Å². The molecule has 0 amide bonds. The standard InChI is InChI=1S/C21H19F3N8O2S2.C13H16N6OS.C9H12ClN3OS.C8H4BrF3N2OS.C5H3ClN2O.C4H5N3.C4H9NOS.ClH.FHO/c22-21(23,24)20-27-19(30-34-20)16-3-2-15(35-16)13-32(18-11-25-5-6-26-18)17-4-1-14(28-29-17)12-31-7-9-36(33)10-8-31;20-21-7-5-19(6-8-21)10-11-1-2-12(18-17-11)16-13-9-14-3-4-15-13;10-9-2-1-8(11-12-9)7-13-3-5-15(14)6-4-13;9-3-4-1-2-5(16-4)6-13-7(15-14-6)8(10,11)12;6-5-2-1-4(3-9)7-8-5;5-4-3-6-1-2-7-4;6-7-3-1-5-2-4-7;;1-2/h1-6,11H,7-10,12-13H2;1-4,9H,5-8,10H2,(H,15,16,18);1-2H,3-7H2;1-2H,3H2;1-3H;1-3H,(H2,5,7);5H,1-4H2;1H;2H. The van der Waals surface area contributed by atoms with Gasteiger partial charge in [-0.25, -0.2) is 20.3 Å². The van der Waals surface area contributed by atoms with Gasteiger partial charge in [-0.05, 0) is 72.8 Å². The van der Waals surface area contributed by atoms with Crippen LogP contribution in [0, 0.1) is 0 Å². The second-order valence-corrected chi connectivity index (χ2v) is 33.5. The molecule has 50 heteroatoms. The Hall–Kier alpha value is -8.43. The minimum Gasteiger partial charge on any atom is -0.382 e. The molecule has 0 aliphatic carbocycles. The van der Waals surface area contributed by atoms with Crippen molar-refractivity contribution in [2.45, 2.75) is 43.9 Å². The van der Waals surface area contributed by atoms with Crippen LogP contribution in [0.5, 0.6) is 0 Å². The van der Waals surface area contributed by atoms with Gasteiger partial charge in [-0.3, -0.25) is 51.3 Å². The predicted molar refractivity (Wildman–Crippen MR) is 422 cm³/mol. The SMILES string of the molecule is Cl.FC(F)(F)c1nc(-c2ccc(CBr)s2)no1.Nc1cnccn1.O=Cc1ccc(Cl)nn1.O=S1CCN(Cc2ccc(Cl)nn2)CC1.O=S1CCN(Cc2ccc(N(Cc3ccc(-c4noc(C(F)(F)F)n4)s3)c3cnccn3)nn2)CC1.O=S1CCN(Cc2ccc(Nc3cnccn3)nn2)CC1.O=S1CCNCC1.OF. The molecule has 11 aromatic rings. The molecule has 0 saturated carbocycles. The van der Waals surface area contributed by atoms with Crippen LogP contribution in [0.2, 0.25) is 10.3 Å². The summed E-state index contributed by atoms with van der Waals surface area (Å²) in [6, 6.07) is 21.0. The number of carbonyl (C=O) groups excluding carboxylic acids is 1. The van der Waals surface area contributed by atoms with Crippen molar-refractivity contribution < 1.29 is 66.9 Å². The van der Waals surface area contributed by atoms with E-state index in [1.165, 1.54) is 41.0 Å². The summed E-state index contributed by atoms with van der Waals surface area (Å²) in [6.07, 6.45) is 5.51. The van der Waals surface area contributed by atoms with Gasteiger partial charge in [-0.2, -0.15) is 51.6 Å². The van der Waals surface area contributed by atoms with Gasteiger partial charge in [0.1, 0.15) is 17.3 Å². The van der Waals surface area contributed by atoms with E-state index in [0.717, 1.165) is 127 Å². The van der Waals surface area contributed by atoms with Crippen molar-refractivity contribution >= 4 is 153 Å². The summed E-state index contributed by atoms with van der Waals surface area (Å²) in [7, 11) is -2.51. The Balaban J connectivity index is 0.000000198. The first-order valence-electron chi connectivity index (χ1n) is 33.2. The van der Waals surface area contributed by atoms with Crippen molar-refractivity contribution in [2.24, 2.45) is 0 Å². The Morgan fingerprint density at radius 1 is 0.535 bits per heavy atom. The number of rotatable bonds is 16. The van der Waals surface area contributed by atoms with Gasteiger partial charge in [-0.1, -0.05) is 54.0 Å². The van der Waals surface area contributed by atoms with Crippen LogP contribution in [0.15, 0.2) is 138 Å². The van der Waals surface area contributed by atoms with E-state index in [4.69, 9.17) is 38.8 Å². The lowest BCUT2D eigenvalue weighted by molar-refractivity contribution is -0.160. The van der Waals surface area contributed by atoms with Gasteiger partial charge < -0.3 is 30.3 Å². The van der Waals surface area contributed by atoms with E-state index in [1.807, 2.05) is 30.3 Å². The maximum atomic E-state index is 12.8. The van der Waals surface area contributed by atoms with Crippen LogP contribution in [0.4, 0.5) is 60.0 Å². The number of anilines is 5. The highest BCUT2D eigenvalue weighted by molar-refractivity contribution is 9.08. The number of halogens is 11. The zero-order chi connectivity index (χ0) is 81.0. The van der Waals surface area contributed by atoms with Crippen molar-refractivity contribution in [1.82, 2.24) is 111 Å². The molecule has 4 saturated heterocycles. The summed E-state index contributed by atoms with van der Waals surface area (Å²) in [5.74, 6) is 5.98. The summed E-state index contributed by atoms with van der Waals surface area (Å²) in [5.41, 5.74) is 8.09. The fourth-order valence-corrected chi connectivity index (χ4v) is 16.2. The quantitative estimate of drug-likeness (QED) is 0.0398. The third-order valence-corrected chi connectivity index (χ3v) is 23.6. The average Bonchev–Trinajstić information content (AvgIpc) is 1.73. The number of hydrogen-bond acceptors (Lipinski definition) is 35. The number of carbonyl (C=O) groups is 1. The van der Waals surface area contributed by atoms with Crippen LogP contribution in [0.25, 0.3) is 21.4 Å². The van der Waals surface area contributed by atoms with Gasteiger partial charge in [0.25, 0.3) is 0 Å². The molecule has 0 aromatic carbocycles. The highest BCUT2D eigenvalue weighted by Crippen LogP contribution is 2.35. The summed E-state index contributed by atoms with van der Waals surface area (Å²) in [4.78, 5) is 52.0. The largest absolute Gasteiger partial charge is 0.471 e. The third-order valence-electron chi connectivity index (χ3n) is 14.9. The Morgan fingerprint density at radius 2 is 0.991 bits per heavy atom. The minimum atomic E-state index is -4.70. The van der Waals surface area contributed by atoms with Gasteiger partial charge in [0.2, 0.25) is 11.6 Å². The average molecular weight is 1830 g/mol. The number of aldehydes is 1. The van der Waals surface area contributed by atoms with Crippen molar-refractivity contribution in [2.75, 3.05) is 114 Å². The van der Waals surface area contributed by atoms with Crippen molar-refractivity contribution in [3.05, 3.63) is 183 Å².